The van der Waals surface area contributed by atoms with Crippen molar-refractivity contribution in [1.82, 2.24) is 19.7 Å². The van der Waals surface area contributed by atoms with Crippen molar-refractivity contribution in [2.45, 2.75) is 37.9 Å². The summed E-state index contributed by atoms with van der Waals surface area (Å²) in [5.74, 6) is 0.414. The zero-order valence-electron chi connectivity index (χ0n) is 17.8. The summed E-state index contributed by atoms with van der Waals surface area (Å²) < 4.78 is 54.6. The molecule has 0 radical (unpaired) electrons. The molecule has 7 nitrogen and oxygen atoms in total. The molecule has 2 aromatic heterocycles. The fourth-order valence-electron chi connectivity index (χ4n) is 4.37. The Kier molecular flexibility index (Phi) is 6.71. The van der Waals surface area contributed by atoms with Gasteiger partial charge in [-0.05, 0) is 55.4 Å². The van der Waals surface area contributed by atoms with E-state index in [2.05, 4.69) is 24.6 Å². The molecule has 3 aromatic rings. The molecule has 1 aromatic carbocycles. The second-order valence-corrected chi connectivity index (χ2v) is 10.2. The lowest BCUT2D eigenvalue weighted by Crippen LogP contribution is -2.38. The average Bonchev–Trinajstić information content (AvgIpc) is 3.27. The Hall–Kier alpha value is -2.59. The Morgan fingerprint density at radius 2 is 1.88 bits per heavy atom. The number of anilines is 1. The highest BCUT2D eigenvalue weighted by molar-refractivity contribution is 7.89. The molecular formula is C22H27F2N5O2S. The number of halogens is 2. The molecule has 2 heterocycles. The van der Waals surface area contributed by atoms with Gasteiger partial charge in [-0.2, -0.15) is 0 Å². The molecule has 1 aliphatic carbocycles. The molecular weight excluding hydrogens is 436 g/mol. The number of aromatic amines is 1. The predicted molar refractivity (Wildman–Crippen MR) is 120 cm³/mol. The number of benzene rings is 1. The van der Waals surface area contributed by atoms with E-state index in [0.717, 1.165) is 54.7 Å². The zero-order chi connectivity index (χ0) is 22.7. The third-order valence-corrected chi connectivity index (χ3v) is 7.72. The number of aromatic nitrogens is 3. The predicted octanol–water partition coefficient (Wildman–Crippen LogP) is 3.72. The largest absolute Gasteiger partial charge is 0.356 e. The van der Waals surface area contributed by atoms with E-state index in [0.29, 0.717) is 0 Å². The topological polar surface area (TPSA) is 91.0 Å². The molecule has 172 valence electrons. The Bertz CT molecular complexity index is 1140. The number of nitrogens with zero attached hydrogens (tertiary/aromatic N) is 3. The van der Waals surface area contributed by atoms with Crippen molar-refractivity contribution < 1.29 is 17.2 Å². The number of alkyl halides is 1. The molecule has 1 atom stereocenters. The van der Waals surface area contributed by atoms with Crippen molar-refractivity contribution in [2.24, 2.45) is 5.92 Å². The second-order valence-electron chi connectivity index (χ2n) is 8.37. The van der Waals surface area contributed by atoms with Crippen molar-refractivity contribution in [3.05, 3.63) is 54.2 Å². The normalized spacial score (nSPS) is 20.3. The zero-order valence-corrected chi connectivity index (χ0v) is 18.7. The van der Waals surface area contributed by atoms with Gasteiger partial charge in [0.05, 0.1) is 11.1 Å². The molecule has 1 aliphatic rings. The third-order valence-electron chi connectivity index (χ3n) is 6.20. The number of rotatable bonds is 8. The molecule has 32 heavy (non-hydrogen) atoms. The lowest BCUT2D eigenvalue weighted by Gasteiger charge is -2.35. The van der Waals surface area contributed by atoms with Crippen LogP contribution in [0.3, 0.4) is 0 Å². The summed E-state index contributed by atoms with van der Waals surface area (Å²) in [6, 6.07) is 7.19. The molecule has 4 rings (SSSR count). The van der Waals surface area contributed by atoms with Crippen LogP contribution in [0.4, 0.5) is 14.6 Å². The van der Waals surface area contributed by atoms with Crippen molar-refractivity contribution in [3.8, 4) is 0 Å². The Labute approximate surface area is 186 Å². The van der Waals surface area contributed by atoms with Gasteiger partial charge in [0, 0.05) is 25.8 Å². The molecule has 0 aliphatic heterocycles. The smallest absolute Gasteiger partial charge is 0.211 e. The van der Waals surface area contributed by atoms with Crippen LogP contribution < -0.4 is 9.62 Å². The summed E-state index contributed by atoms with van der Waals surface area (Å²) >= 11 is 0. The van der Waals surface area contributed by atoms with E-state index in [1.165, 1.54) is 12.1 Å². The van der Waals surface area contributed by atoms with Crippen LogP contribution in [0.1, 0.15) is 37.4 Å². The first kappa shape index (κ1) is 22.6. The number of hydrogen-bond donors (Lipinski definition) is 2. The Balaban J connectivity index is 1.28. The first-order chi connectivity index (χ1) is 15.3. The van der Waals surface area contributed by atoms with E-state index in [-0.39, 0.29) is 29.8 Å². The number of nitrogens with one attached hydrogen (secondary N) is 2. The summed E-state index contributed by atoms with van der Waals surface area (Å²) in [7, 11) is -1.60. The van der Waals surface area contributed by atoms with Crippen LogP contribution in [0.2, 0.25) is 0 Å². The van der Waals surface area contributed by atoms with Gasteiger partial charge < -0.3 is 9.88 Å². The van der Waals surface area contributed by atoms with Gasteiger partial charge in [-0.1, -0.05) is 12.1 Å². The highest BCUT2D eigenvalue weighted by atomic mass is 32.2. The van der Waals surface area contributed by atoms with Crippen molar-refractivity contribution in [2.75, 3.05) is 24.2 Å². The molecule has 1 fully saturated rings. The first-order valence-electron chi connectivity index (χ1n) is 10.7. The van der Waals surface area contributed by atoms with Gasteiger partial charge in [-0.3, -0.25) is 0 Å². The van der Waals surface area contributed by atoms with Gasteiger partial charge in [0.2, 0.25) is 10.0 Å². The standard InChI is InChI=1S/C22H27F2N5O2S/c1-29(22-19-10-11-25-21(19)26-14-27-22)18-8-2-15(3-9-18)13-32(30,31)28-12-20(24)16-4-6-17(23)7-5-16/h4-7,10-11,14-15,18,20,28H,2-3,8-9,12-13H2,1H3,(H,25,26,27)/t15-,18-,20?. The van der Waals surface area contributed by atoms with Crippen molar-refractivity contribution >= 4 is 26.9 Å². The minimum absolute atomic E-state index is 0.0187. The molecule has 1 saturated carbocycles. The lowest BCUT2D eigenvalue weighted by molar-refractivity contribution is 0.333. The highest BCUT2D eigenvalue weighted by Gasteiger charge is 2.29. The summed E-state index contributed by atoms with van der Waals surface area (Å²) in [4.78, 5) is 13.9. The van der Waals surface area contributed by atoms with E-state index in [1.54, 1.807) is 6.33 Å². The van der Waals surface area contributed by atoms with Gasteiger partial charge in [0.1, 0.15) is 29.8 Å². The van der Waals surface area contributed by atoms with E-state index in [1.807, 2.05) is 19.3 Å². The van der Waals surface area contributed by atoms with Gasteiger partial charge >= 0.3 is 0 Å². The molecule has 0 spiro atoms. The van der Waals surface area contributed by atoms with E-state index in [4.69, 9.17) is 0 Å². The van der Waals surface area contributed by atoms with E-state index >= 15 is 0 Å². The molecule has 10 heteroatoms. The second kappa shape index (κ2) is 9.50. The fraction of sp³-hybridized carbons (Fsp3) is 0.455. The van der Waals surface area contributed by atoms with Crippen LogP contribution in [0.15, 0.2) is 42.9 Å². The monoisotopic (exact) mass is 463 g/mol. The number of hydrogen-bond acceptors (Lipinski definition) is 5. The maximum Gasteiger partial charge on any atom is 0.211 e. The molecule has 1 unspecified atom stereocenters. The van der Waals surface area contributed by atoms with Crippen LogP contribution in [-0.2, 0) is 10.0 Å². The Morgan fingerprint density at radius 1 is 1.16 bits per heavy atom. The first-order valence-corrected chi connectivity index (χ1v) is 12.4. The molecule has 2 N–H and O–H groups in total. The lowest BCUT2D eigenvalue weighted by atomic mass is 9.86. The minimum Gasteiger partial charge on any atom is -0.356 e. The van der Waals surface area contributed by atoms with Gasteiger partial charge in [0.25, 0.3) is 0 Å². The van der Waals surface area contributed by atoms with Gasteiger partial charge in [-0.25, -0.2) is 31.9 Å². The van der Waals surface area contributed by atoms with Crippen LogP contribution in [0.25, 0.3) is 11.0 Å². The number of H-pyrrole nitrogens is 1. The molecule has 0 amide bonds. The maximum absolute atomic E-state index is 14.3. The fourth-order valence-corrected chi connectivity index (χ4v) is 5.84. The Morgan fingerprint density at radius 3 is 2.59 bits per heavy atom. The summed E-state index contributed by atoms with van der Waals surface area (Å²) in [6.07, 6.45) is 5.11. The number of sulfonamides is 1. The average molecular weight is 464 g/mol. The summed E-state index contributed by atoms with van der Waals surface area (Å²) in [5, 5.41) is 0.964. The summed E-state index contributed by atoms with van der Waals surface area (Å²) in [6.45, 7) is -0.355. The van der Waals surface area contributed by atoms with Gasteiger partial charge in [-0.15, -0.1) is 0 Å². The number of fused-ring (bicyclic) bond motifs is 1. The third kappa shape index (κ3) is 5.24. The maximum atomic E-state index is 14.3. The minimum atomic E-state index is -3.61. The van der Waals surface area contributed by atoms with Crippen LogP contribution >= 0.6 is 0 Å². The van der Waals surface area contributed by atoms with E-state index < -0.39 is 22.0 Å². The van der Waals surface area contributed by atoms with Crippen LogP contribution in [0.5, 0.6) is 0 Å². The van der Waals surface area contributed by atoms with Crippen LogP contribution in [-0.4, -0.2) is 48.8 Å². The van der Waals surface area contributed by atoms with Crippen molar-refractivity contribution in [1.29, 1.82) is 0 Å². The van der Waals surface area contributed by atoms with Crippen molar-refractivity contribution in [3.63, 3.8) is 0 Å². The molecule has 0 saturated heterocycles. The SMILES string of the molecule is CN(c1ncnc2[nH]ccc12)[C@H]1CC[C@H](CS(=O)(=O)NCC(F)c2ccc(F)cc2)CC1. The summed E-state index contributed by atoms with van der Waals surface area (Å²) in [5.41, 5.74) is 1.04. The van der Waals surface area contributed by atoms with Crippen LogP contribution in [0, 0.1) is 11.7 Å². The highest BCUT2D eigenvalue weighted by Crippen LogP contribution is 2.32. The van der Waals surface area contributed by atoms with Gasteiger partial charge in [0.15, 0.2) is 0 Å². The molecule has 0 bridgehead atoms. The quantitative estimate of drug-likeness (QED) is 0.531. The van der Waals surface area contributed by atoms with E-state index in [9.17, 15) is 17.2 Å².